The van der Waals surface area contributed by atoms with E-state index in [1.54, 1.807) is 10.4 Å². The van der Waals surface area contributed by atoms with Crippen LogP contribution in [0.1, 0.15) is 17.5 Å². The molecule has 1 aromatic rings. The Hall–Kier alpha value is -0.950. The van der Waals surface area contributed by atoms with Crippen LogP contribution in [0.3, 0.4) is 0 Å². The standard InChI is InChI=1S/C16H24N2O3S/c1-12-4-5-16(13(2)10-12)22(19,20)18-8-9-21-15-6-7-17(3)11-14(15)18/h4-5,10,14-15H,6-9,11H2,1-3H3/t14-,15-/m0/s1. The van der Waals surface area contributed by atoms with Gasteiger partial charge in [0.2, 0.25) is 10.0 Å². The summed E-state index contributed by atoms with van der Waals surface area (Å²) in [5, 5.41) is 0. The molecule has 2 heterocycles. The summed E-state index contributed by atoms with van der Waals surface area (Å²) in [6.07, 6.45) is 0.908. The lowest BCUT2D eigenvalue weighted by Crippen LogP contribution is -2.60. The first kappa shape index (κ1) is 15.9. The number of sulfonamides is 1. The molecule has 0 unspecified atom stereocenters. The predicted molar refractivity (Wildman–Crippen MR) is 85.4 cm³/mol. The van der Waals surface area contributed by atoms with Crippen LogP contribution < -0.4 is 0 Å². The first-order valence-corrected chi connectivity index (χ1v) is 9.23. The summed E-state index contributed by atoms with van der Waals surface area (Å²) in [4.78, 5) is 2.60. The number of hydrogen-bond acceptors (Lipinski definition) is 4. The molecule has 0 bridgehead atoms. The van der Waals surface area contributed by atoms with E-state index in [0.29, 0.717) is 18.0 Å². The third-order valence-electron chi connectivity index (χ3n) is 4.65. The Kier molecular flexibility index (Phi) is 4.29. The van der Waals surface area contributed by atoms with Crippen molar-refractivity contribution in [2.45, 2.75) is 37.3 Å². The van der Waals surface area contributed by atoms with Crippen molar-refractivity contribution in [3.63, 3.8) is 0 Å². The highest BCUT2D eigenvalue weighted by Gasteiger charge is 2.42. The first-order valence-electron chi connectivity index (χ1n) is 7.79. The van der Waals surface area contributed by atoms with Crippen LogP contribution in [0, 0.1) is 13.8 Å². The van der Waals surface area contributed by atoms with Crippen molar-refractivity contribution in [3.8, 4) is 0 Å². The van der Waals surface area contributed by atoms with E-state index in [1.807, 2.05) is 33.0 Å². The minimum atomic E-state index is -3.48. The van der Waals surface area contributed by atoms with Gasteiger partial charge in [-0.25, -0.2) is 8.42 Å². The molecule has 5 nitrogen and oxygen atoms in total. The third-order valence-corrected chi connectivity index (χ3v) is 6.74. The van der Waals surface area contributed by atoms with Gasteiger partial charge in [-0.2, -0.15) is 4.31 Å². The zero-order valence-corrected chi connectivity index (χ0v) is 14.3. The zero-order chi connectivity index (χ0) is 15.9. The second kappa shape index (κ2) is 5.92. The Balaban J connectivity index is 1.96. The molecule has 2 fully saturated rings. The molecule has 0 saturated carbocycles. The van der Waals surface area contributed by atoms with E-state index in [0.717, 1.165) is 30.6 Å². The van der Waals surface area contributed by atoms with Crippen LogP contribution in [0.2, 0.25) is 0 Å². The SMILES string of the molecule is Cc1ccc(S(=O)(=O)N2CCO[C@H]3CCN(C)C[C@@H]32)c(C)c1. The van der Waals surface area contributed by atoms with Gasteiger partial charge in [-0.3, -0.25) is 0 Å². The molecule has 0 aliphatic carbocycles. The minimum absolute atomic E-state index is 0.0190. The van der Waals surface area contributed by atoms with Gasteiger partial charge in [-0.1, -0.05) is 17.7 Å². The van der Waals surface area contributed by atoms with Crippen molar-refractivity contribution < 1.29 is 13.2 Å². The topological polar surface area (TPSA) is 49.9 Å². The molecule has 0 spiro atoms. The van der Waals surface area contributed by atoms with Crippen molar-refractivity contribution in [3.05, 3.63) is 29.3 Å². The van der Waals surface area contributed by atoms with Gasteiger partial charge in [0.15, 0.2) is 0 Å². The zero-order valence-electron chi connectivity index (χ0n) is 13.4. The van der Waals surface area contributed by atoms with Gasteiger partial charge < -0.3 is 9.64 Å². The molecular weight excluding hydrogens is 300 g/mol. The Bertz CT molecular complexity index is 659. The van der Waals surface area contributed by atoms with Gasteiger partial charge in [0, 0.05) is 19.6 Å². The number of likely N-dealkylation sites (N-methyl/N-ethyl adjacent to an activating group) is 1. The Morgan fingerprint density at radius 1 is 1.23 bits per heavy atom. The summed E-state index contributed by atoms with van der Waals surface area (Å²) in [7, 11) is -1.44. The number of fused-ring (bicyclic) bond motifs is 1. The van der Waals surface area contributed by atoms with E-state index >= 15 is 0 Å². The van der Waals surface area contributed by atoms with Crippen molar-refractivity contribution in [1.82, 2.24) is 9.21 Å². The summed E-state index contributed by atoms with van der Waals surface area (Å²) in [6, 6.07) is 5.44. The maximum Gasteiger partial charge on any atom is 0.243 e. The molecule has 0 aromatic heterocycles. The van der Waals surface area contributed by atoms with Gasteiger partial charge in [0.05, 0.1) is 23.6 Å². The number of aryl methyl sites for hydroxylation is 2. The predicted octanol–water partition coefficient (Wildman–Crippen LogP) is 1.40. The molecular formula is C16H24N2O3S. The van der Waals surface area contributed by atoms with Gasteiger partial charge in [-0.05, 0) is 38.9 Å². The normalized spacial score (nSPS) is 27.6. The van der Waals surface area contributed by atoms with Crippen LogP contribution >= 0.6 is 0 Å². The molecule has 22 heavy (non-hydrogen) atoms. The van der Waals surface area contributed by atoms with E-state index in [2.05, 4.69) is 4.90 Å². The van der Waals surface area contributed by atoms with Crippen LogP contribution in [-0.2, 0) is 14.8 Å². The summed E-state index contributed by atoms with van der Waals surface area (Å²) in [5.74, 6) is 0. The maximum atomic E-state index is 13.1. The van der Waals surface area contributed by atoms with Gasteiger partial charge in [-0.15, -0.1) is 0 Å². The molecule has 1 aromatic carbocycles. The number of benzene rings is 1. The van der Waals surface area contributed by atoms with Crippen molar-refractivity contribution in [2.75, 3.05) is 33.3 Å². The average Bonchev–Trinajstić information content (AvgIpc) is 2.46. The average molecular weight is 324 g/mol. The summed E-state index contributed by atoms with van der Waals surface area (Å²) < 4.78 is 33.7. The van der Waals surface area contributed by atoms with E-state index in [1.165, 1.54) is 0 Å². The number of morpholine rings is 1. The molecule has 0 N–H and O–H groups in total. The van der Waals surface area contributed by atoms with E-state index in [9.17, 15) is 8.42 Å². The lowest BCUT2D eigenvalue weighted by Gasteiger charge is -2.45. The fraction of sp³-hybridized carbons (Fsp3) is 0.625. The molecule has 0 radical (unpaired) electrons. The summed E-state index contributed by atoms with van der Waals surface area (Å²) >= 11 is 0. The highest BCUT2D eigenvalue weighted by Crippen LogP contribution is 2.29. The molecule has 122 valence electrons. The van der Waals surface area contributed by atoms with Crippen LogP contribution in [0.4, 0.5) is 0 Å². The third kappa shape index (κ3) is 2.80. The molecule has 2 atom stereocenters. The van der Waals surface area contributed by atoms with E-state index < -0.39 is 10.0 Å². The minimum Gasteiger partial charge on any atom is -0.375 e. The fourth-order valence-electron chi connectivity index (χ4n) is 3.51. The number of nitrogens with zero attached hydrogens (tertiary/aromatic N) is 2. The number of rotatable bonds is 2. The number of ether oxygens (including phenoxy) is 1. The number of likely N-dealkylation sites (tertiary alicyclic amines) is 1. The van der Waals surface area contributed by atoms with Crippen molar-refractivity contribution in [2.24, 2.45) is 0 Å². The van der Waals surface area contributed by atoms with Crippen LogP contribution in [0.25, 0.3) is 0 Å². The quantitative estimate of drug-likeness (QED) is 0.825. The highest BCUT2D eigenvalue weighted by molar-refractivity contribution is 7.89. The van der Waals surface area contributed by atoms with E-state index in [-0.39, 0.29) is 12.1 Å². The molecule has 2 aliphatic heterocycles. The highest BCUT2D eigenvalue weighted by atomic mass is 32.2. The monoisotopic (exact) mass is 324 g/mol. The van der Waals surface area contributed by atoms with Gasteiger partial charge in [0.25, 0.3) is 0 Å². The lowest BCUT2D eigenvalue weighted by atomic mass is 10.0. The van der Waals surface area contributed by atoms with Gasteiger partial charge >= 0.3 is 0 Å². The van der Waals surface area contributed by atoms with E-state index in [4.69, 9.17) is 4.74 Å². The Morgan fingerprint density at radius 2 is 2.00 bits per heavy atom. The van der Waals surface area contributed by atoms with Gasteiger partial charge in [0.1, 0.15) is 0 Å². The second-order valence-electron chi connectivity index (χ2n) is 6.41. The fourth-order valence-corrected chi connectivity index (χ4v) is 5.34. The smallest absolute Gasteiger partial charge is 0.243 e. The number of piperidine rings is 1. The summed E-state index contributed by atoms with van der Waals surface area (Å²) in [6.45, 7) is 6.45. The molecule has 3 rings (SSSR count). The van der Waals surface area contributed by atoms with Crippen LogP contribution in [0.5, 0.6) is 0 Å². The molecule has 2 aliphatic rings. The van der Waals surface area contributed by atoms with Crippen LogP contribution in [0.15, 0.2) is 23.1 Å². The molecule has 2 saturated heterocycles. The molecule has 0 amide bonds. The second-order valence-corrected chi connectivity index (χ2v) is 8.27. The largest absolute Gasteiger partial charge is 0.375 e. The first-order chi connectivity index (χ1) is 10.4. The summed E-state index contributed by atoms with van der Waals surface area (Å²) in [5.41, 5.74) is 1.89. The maximum absolute atomic E-state index is 13.1. The Labute approximate surface area is 132 Å². The van der Waals surface area contributed by atoms with Crippen LogP contribution in [-0.4, -0.2) is 63.1 Å². The number of hydrogen-bond donors (Lipinski definition) is 0. The Morgan fingerprint density at radius 3 is 2.73 bits per heavy atom. The lowest BCUT2D eigenvalue weighted by molar-refractivity contribution is -0.0719. The van der Waals surface area contributed by atoms with Crippen molar-refractivity contribution >= 4 is 10.0 Å². The van der Waals surface area contributed by atoms with Crippen molar-refractivity contribution in [1.29, 1.82) is 0 Å². The molecule has 6 heteroatoms.